The molecule has 0 fully saturated rings. The highest BCUT2D eigenvalue weighted by atomic mass is 16.5. The summed E-state index contributed by atoms with van der Waals surface area (Å²) in [6.45, 7) is 8.83. The largest absolute Gasteiger partial charge is 0.462 e. The third-order valence-electron chi connectivity index (χ3n) is 4.65. The quantitative estimate of drug-likeness (QED) is 0.403. The number of amides is 1. The fourth-order valence-corrected chi connectivity index (χ4v) is 3.20. The maximum atomic E-state index is 13.1. The van der Waals surface area contributed by atoms with Gasteiger partial charge in [-0.05, 0) is 40.2 Å². The number of aliphatic hydroxyl groups is 1. The number of aromatic amines is 1. The normalized spacial score (nSPS) is 10.9. The van der Waals surface area contributed by atoms with E-state index >= 15 is 0 Å². The van der Waals surface area contributed by atoms with Crippen molar-refractivity contribution in [2.45, 2.75) is 40.7 Å². The van der Waals surface area contributed by atoms with E-state index in [2.05, 4.69) is 4.98 Å². The number of aliphatic hydroxyl groups excluding tert-OH is 1. The van der Waals surface area contributed by atoms with Crippen molar-refractivity contribution >= 4 is 17.7 Å². The van der Waals surface area contributed by atoms with Crippen LogP contribution in [0.5, 0.6) is 0 Å². The predicted octanol–water partition coefficient (Wildman–Crippen LogP) is 2.89. The topological polar surface area (TPSA) is 99.7 Å². The number of ether oxygens (including phenoxy) is 1. The lowest BCUT2D eigenvalue weighted by molar-refractivity contribution is -0.128. The fourth-order valence-electron chi connectivity index (χ4n) is 3.20. The van der Waals surface area contributed by atoms with E-state index in [9.17, 15) is 19.5 Å². The van der Waals surface area contributed by atoms with E-state index in [1.165, 1.54) is 4.90 Å². The number of H-pyrrole nitrogens is 1. The molecule has 1 amide bonds. The van der Waals surface area contributed by atoms with Crippen LogP contribution in [-0.4, -0.2) is 58.5 Å². The molecule has 7 nitrogen and oxygen atoms in total. The molecule has 0 unspecified atom stereocenters. The molecule has 156 valence electrons. The van der Waals surface area contributed by atoms with Crippen LogP contribution in [0.25, 0.3) is 11.1 Å². The van der Waals surface area contributed by atoms with Crippen molar-refractivity contribution < 1.29 is 24.2 Å². The molecule has 0 atom stereocenters. The third-order valence-corrected chi connectivity index (χ3v) is 4.65. The van der Waals surface area contributed by atoms with Gasteiger partial charge in [0.15, 0.2) is 0 Å². The van der Waals surface area contributed by atoms with Gasteiger partial charge in [0.2, 0.25) is 0 Å². The fraction of sp³-hybridized carbons (Fsp3) is 0.409. The van der Waals surface area contributed by atoms with Crippen LogP contribution in [0.4, 0.5) is 0 Å². The van der Waals surface area contributed by atoms with Gasteiger partial charge in [0.05, 0.1) is 18.8 Å². The molecule has 7 heteroatoms. The zero-order valence-corrected chi connectivity index (χ0v) is 17.5. The van der Waals surface area contributed by atoms with Crippen LogP contribution in [0, 0.1) is 13.8 Å². The minimum absolute atomic E-state index is 0.0444. The Balaban J connectivity index is 2.63. The van der Waals surface area contributed by atoms with E-state index < -0.39 is 17.7 Å². The molecule has 2 rings (SSSR count). The van der Waals surface area contributed by atoms with Gasteiger partial charge in [0.1, 0.15) is 5.69 Å². The highest BCUT2D eigenvalue weighted by molar-refractivity contribution is 6.43. The maximum Gasteiger partial charge on any atom is 0.340 e. The Labute approximate surface area is 170 Å². The number of carbonyl (C=O) groups excluding carboxylic acids is 3. The summed E-state index contributed by atoms with van der Waals surface area (Å²) in [6, 6.07) is 7.08. The number of ketones is 1. The first-order chi connectivity index (χ1) is 13.7. The zero-order chi connectivity index (χ0) is 21.7. The predicted molar refractivity (Wildman–Crippen MR) is 110 cm³/mol. The van der Waals surface area contributed by atoms with E-state index in [4.69, 9.17) is 4.74 Å². The van der Waals surface area contributed by atoms with Gasteiger partial charge in [0, 0.05) is 23.8 Å². The van der Waals surface area contributed by atoms with E-state index in [1.807, 2.05) is 19.1 Å². The number of aromatic nitrogens is 1. The van der Waals surface area contributed by atoms with Gasteiger partial charge in [-0.1, -0.05) is 29.8 Å². The number of nitrogens with one attached hydrogen (secondary N) is 1. The molecule has 0 aliphatic rings. The minimum Gasteiger partial charge on any atom is -0.462 e. The molecule has 0 spiro atoms. The van der Waals surface area contributed by atoms with Crippen LogP contribution < -0.4 is 0 Å². The standard InChI is InChI=1S/C22H28N2O5/c1-6-29-22(28)17-15(5)23-19(18(17)16-9-7-14(4)8-10-16)20(26)21(27)24(11-12-25)13(2)3/h7-10,13,23,25H,6,11-12H2,1-5H3. The number of benzene rings is 1. The second kappa shape index (κ2) is 9.52. The van der Waals surface area contributed by atoms with Crippen LogP contribution in [0.1, 0.15) is 52.9 Å². The molecule has 1 aromatic carbocycles. The second-order valence-electron chi connectivity index (χ2n) is 7.11. The molecule has 0 aliphatic carbocycles. The summed E-state index contributed by atoms with van der Waals surface area (Å²) >= 11 is 0. The van der Waals surface area contributed by atoms with Crippen molar-refractivity contribution in [2.75, 3.05) is 19.8 Å². The number of carbonyl (C=O) groups is 3. The number of hydrogen-bond acceptors (Lipinski definition) is 5. The summed E-state index contributed by atoms with van der Waals surface area (Å²) in [5.74, 6) is -2.06. The second-order valence-corrected chi connectivity index (χ2v) is 7.11. The average Bonchev–Trinajstić information content (AvgIpc) is 3.02. The number of nitrogens with zero attached hydrogens (tertiary/aromatic N) is 1. The van der Waals surface area contributed by atoms with Gasteiger partial charge >= 0.3 is 5.97 Å². The molecule has 0 radical (unpaired) electrons. The van der Waals surface area contributed by atoms with Crippen LogP contribution in [-0.2, 0) is 9.53 Å². The SMILES string of the molecule is CCOC(=O)c1c(C)[nH]c(C(=O)C(=O)N(CCO)C(C)C)c1-c1ccc(C)cc1. The molecule has 1 heterocycles. The molecule has 0 bridgehead atoms. The molecule has 0 saturated carbocycles. The highest BCUT2D eigenvalue weighted by Gasteiger charge is 2.32. The van der Waals surface area contributed by atoms with E-state index in [0.717, 1.165) is 5.56 Å². The average molecular weight is 400 g/mol. The Bertz CT molecular complexity index is 897. The van der Waals surface area contributed by atoms with Gasteiger partial charge < -0.3 is 19.7 Å². The Kier molecular flexibility index (Phi) is 7.34. The molecule has 0 saturated heterocycles. The van der Waals surface area contributed by atoms with Gasteiger partial charge in [0.25, 0.3) is 11.7 Å². The van der Waals surface area contributed by atoms with Crippen molar-refractivity contribution in [3.05, 3.63) is 46.8 Å². The smallest absolute Gasteiger partial charge is 0.340 e. The Morgan fingerprint density at radius 2 is 1.76 bits per heavy atom. The van der Waals surface area contributed by atoms with Crippen LogP contribution in [0.2, 0.25) is 0 Å². The minimum atomic E-state index is -0.763. The third kappa shape index (κ3) is 4.74. The molecule has 29 heavy (non-hydrogen) atoms. The Hall–Kier alpha value is -2.93. The summed E-state index contributed by atoms with van der Waals surface area (Å²) in [6.07, 6.45) is 0. The molecular formula is C22H28N2O5. The van der Waals surface area contributed by atoms with Gasteiger partial charge in [-0.3, -0.25) is 9.59 Å². The lowest BCUT2D eigenvalue weighted by Crippen LogP contribution is -2.43. The summed E-state index contributed by atoms with van der Waals surface area (Å²) in [7, 11) is 0. The monoisotopic (exact) mass is 400 g/mol. The first kappa shape index (κ1) is 22.4. The van der Waals surface area contributed by atoms with Gasteiger partial charge in [-0.25, -0.2) is 4.79 Å². The van der Waals surface area contributed by atoms with Crippen LogP contribution in [0.15, 0.2) is 24.3 Å². The van der Waals surface area contributed by atoms with Gasteiger partial charge in [-0.15, -0.1) is 0 Å². The van der Waals surface area contributed by atoms with Crippen molar-refractivity contribution in [1.82, 2.24) is 9.88 Å². The van der Waals surface area contributed by atoms with Crippen LogP contribution >= 0.6 is 0 Å². The molecule has 1 aromatic heterocycles. The van der Waals surface area contributed by atoms with Crippen molar-refractivity contribution in [3.63, 3.8) is 0 Å². The van der Waals surface area contributed by atoms with Crippen molar-refractivity contribution in [3.8, 4) is 11.1 Å². The first-order valence-corrected chi connectivity index (χ1v) is 9.65. The van der Waals surface area contributed by atoms with E-state index in [0.29, 0.717) is 16.8 Å². The summed E-state index contributed by atoms with van der Waals surface area (Å²) in [5.41, 5.74) is 2.75. The maximum absolute atomic E-state index is 13.1. The highest BCUT2D eigenvalue weighted by Crippen LogP contribution is 2.32. The van der Waals surface area contributed by atoms with Gasteiger partial charge in [-0.2, -0.15) is 0 Å². The molecular weight excluding hydrogens is 372 g/mol. The van der Waals surface area contributed by atoms with E-state index in [1.54, 1.807) is 39.8 Å². The van der Waals surface area contributed by atoms with Crippen molar-refractivity contribution in [1.29, 1.82) is 0 Å². The Morgan fingerprint density at radius 1 is 1.14 bits per heavy atom. The molecule has 0 aliphatic heterocycles. The van der Waals surface area contributed by atoms with Crippen LogP contribution in [0.3, 0.4) is 0 Å². The number of aryl methyl sites for hydroxylation is 2. The number of esters is 1. The number of Topliss-reactive ketones (excluding diaryl/α,β-unsaturated/α-hetero) is 1. The van der Waals surface area contributed by atoms with E-state index in [-0.39, 0.29) is 37.1 Å². The first-order valence-electron chi connectivity index (χ1n) is 9.65. The Morgan fingerprint density at radius 3 is 2.28 bits per heavy atom. The number of hydrogen-bond donors (Lipinski definition) is 2. The summed E-state index contributed by atoms with van der Waals surface area (Å²) in [4.78, 5) is 42.8. The lowest BCUT2D eigenvalue weighted by atomic mass is 9.97. The summed E-state index contributed by atoms with van der Waals surface area (Å²) < 4.78 is 5.17. The lowest BCUT2D eigenvalue weighted by Gasteiger charge is -2.25. The molecule has 2 aromatic rings. The molecule has 2 N–H and O–H groups in total. The zero-order valence-electron chi connectivity index (χ0n) is 17.5. The van der Waals surface area contributed by atoms with Crippen molar-refractivity contribution in [2.24, 2.45) is 0 Å². The summed E-state index contributed by atoms with van der Waals surface area (Å²) in [5, 5.41) is 9.25. The number of rotatable bonds is 8.